The highest BCUT2D eigenvalue weighted by Crippen LogP contribution is 2.47. The number of unbranched alkanes of at least 4 members (excludes halogenated alkanes) is 15. The SMILES string of the molecule is CCCCCCCC/C=C/C/C=C/CCCCC(=O)OC[C@@H](COP(=O)(O)OC1C(O)C(O)C(O)[C@H](O)C1O)OC(=O)CCCCCCCCCC. The summed E-state index contributed by atoms with van der Waals surface area (Å²) in [6.45, 7) is 3.18. The molecule has 0 aliphatic heterocycles. The maximum atomic E-state index is 12.7. The lowest BCUT2D eigenvalue weighted by molar-refractivity contribution is -0.220. The Bertz CT molecular complexity index is 1020. The molecule has 0 aromatic rings. The van der Waals surface area contributed by atoms with Crippen molar-refractivity contribution >= 4 is 19.8 Å². The lowest BCUT2D eigenvalue weighted by Gasteiger charge is -2.41. The van der Waals surface area contributed by atoms with Gasteiger partial charge in [0.15, 0.2) is 6.10 Å². The summed E-state index contributed by atoms with van der Waals surface area (Å²) in [5, 5.41) is 49.8. The number of hydrogen-bond acceptors (Lipinski definition) is 12. The molecule has 0 heterocycles. The zero-order chi connectivity index (χ0) is 38.6. The van der Waals surface area contributed by atoms with Gasteiger partial charge in [0.05, 0.1) is 6.61 Å². The number of aliphatic hydroxyl groups excluding tert-OH is 5. The van der Waals surface area contributed by atoms with Crippen LogP contribution in [-0.2, 0) is 32.7 Å². The van der Waals surface area contributed by atoms with Gasteiger partial charge in [-0.1, -0.05) is 115 Å². The maximum Gasteiger partial charge on any atom is 0.472 e. The Morgan fingerprint density at radius 1 is 0.596 bits per heavy atom. The van der Waals surface area contributed by atoms with Gasteiger partial charge in [-0.3, -0.25) is 18.6 Å². The second kappa shape index (κ2) is 29.7. The van der Waals surface area contributed by atoms with E-state index in [0.717, 1.165) is 51.4 Å². The Labute approximate surface area is 311 Å². The third-order valence-corrected chi connectivity index (χ3v) is 10.0. The summed E-state index contributed by atoms with van der Waals surface area (Å²) < 4.78 is 33.2. The van der Waals surface area contributed by atoms with Gasteiger partial charge < -0.3 is 39.9 Å². The first kappa shape index (κ1) is 48.3. The lowest BCUT2D eigenvalue weighted by Crippen LogP contribution is -2.64. The highest BCUT2D eigenvalue weighted by atomic mass is 31.2. The first-order valence-corrected chi connectivity index (χ1v) is 21.1. The fraction of sp³-hybridized carbons (Fsp3) is 0.842. The van der Waals surface area contributed by atoms with Crippen molar-refractivity contribution in [2.24, 2.45) is 0 Å². The van der Waals surface area contributed by atoms with E-state index in [9.17, 15) is 44.6 Å². The Kier molecular flexibility index (Phi) is 27.6. The highest BCUT2D eigenvalue weighted by molar-refractivity contribution is 7.47. The zero-order valence-electron chi connectivity index (χ0n) is 31.6. The molecule has 0 aromatic carbocycles. The molecule has 14 heteroatoms. The van der Waals surface area contributed by atoms with Crippen molar-refractivity contribution in [2.45, 2.75) is 191 Å². The minimum atomic E-state index is -5.11. The van der Waals surface area contributed by atoms with E-state index in [2.05, 4.69) is 38.2 Å². The predicted molar refractivity (Wildman–Crippen MR) is 198 cm³/mol. The quantitative estimate of drug-likeness (QED) is 0.0204. The van der Waals surface area contributed by atoms with Crippen LogP contribution in [0.2, 0.25) is 0 Å². The smallest absolute Gasteiger partial charge is 0.462 e. The summed E-state index contributed by atoms with van der Waals surface area (Å²) >= 11 is 0. The molecule has 1 rings (SSSR count). The van der Waals surface area contributed by atoms with Crippen molar-refractivity contribution in [3.63, 3.8) is 0 Å². The molecule has 0 amide bonds. The van der Waals surface area contributed by atoms with Gasteiger partial charge in [0.25, 0.3) is 0 Å². The third-order valence-electron chi connectivity index (χ3n) is 9.05. The predicted octanol–water partition coefficient (Wildman–Crippen LogP) is 6.11. The van der Waals surface area contributed by atoms with Crippen LogP contribution in [0.4, 0.5) is 0 Å². The fourth-order valence-corrected chi connectivity index (χ4v) is 6.76. The van der Waals surface area contributed by atoms with E-state index in [1.807, 2.05) is 0 Å². The molecule has 0 radical (unpaired) electrons. The van der Waals surface area contributed by atoms with Crippen LogP contribution in [0.25, 0.3) is 0 Å². The number of allylic oxidation sites excluding steroid dienone is 4. The minimum Gasteiger partial charge on any atom is -0.462 e. The summed E-state index contributed by atoms with van der Waals surface area (Å²) in [6.07, 6.45) is 15.7. The summed E-state index contributed by atoms with van der Waals surface area (Å²) in [6, 6.07) is 0. The van der Waals surface area contributed by atoms with E-state index in [-0.39, 0.29) is 12.8 Å². The molecule has 0 aromatic heterocycles. The van der Waals surface area contributed by atoms with E-state index in [1.165, 1.54) is 57.8 Å². The molecule has 52 heavy (non-hydrogen) atoms. The van der Waals surface area contributed by atoms with Crippen LogP contribution in [0.5, 0.6) is 0 Å². The standard InChI is InChI=1S/C38H69O13P/c1-3-5-7-9-11-13-14-15-16-17-18-19-21-22-24-26-31(39)48-28-30(50-32(40)27-25-23-20-12-10-8-6-4-2)29-49-52(46,47)51-38-36(44)34(42)33(41)35(43)37(38)45/h15-16,18-19,30,33-38,41-45H,3-14,17,20-29H2,1-2H3,(H,46,47)/b16-15+,19-18+/t30-,33?,34-,35?,36?,37?,38?/m0/s1. The molecule has 304 valence electrons. The van der Waals surface area contributed by atoms with Crippen molar-refractivity contribution in [3.05, 3.63) is 24.3 Å². The number of phosphoric ester groups is 1. The zero-order valence-corrected chi connectivity index (χ0v) is 32.5. The molecular weight excluding hydrogens is 695 g/mol. The number of phosphoric acid groups is 1. The van der Waals surface area contributed by atoms with E-state index in [1.54, 1.807) is 0 Å². The lowest BCUT2D eigenvalue weighted by atomic mass is 9.85. The first-order chi connectivity index (χ1) is 24.9. The van der Waals surface area contributed by atoms with Crippen LogP contribution in [0.3, 0.4) is 0 Å². The molecular formula is C38H69O13P. The summed E-state index contributed by atoms with van der Waals surface area (Å²) in [5.74, 6) is -1.14. The molecule has 1 aliphatic carbocycles. The van der Waals surface area contributed by atoms with Crippen LogP contribution >= 0.6 is 7.82 Å². The van der Waals surface area contributed by atoms with Gasteiger partial charge in [0.2, 0.25) is 0 Å². The second-order valence-corrected chi connectivity index (χ2v) is 15.2. The Morgan fingerprint density at radius 3 is 1.60 bits per heavy atom. The number of carbonyl (C=O) groups excluding carboxylic acids is 2. The van der Waals surface area contributed by atoms with E-state index in [0.29, 0.717) is 12.8 Å². The average molecular weight is 765 g/mol. The number of carbonyl (C=O) groups is 2. The monoisotopic (exact) mass is 764 g/mol. The van der Waals surface area contributed by atoms with Crippen molar-refractivity contribution in [3.8, 4) is 0 Å². The van der Waals surface area contributed by atoms with Gasteiger partial charge in [-0.25, -0.2) is 4.57 Å². The van der Waals surface area contributed by atoms with Crippen molar-refractivity contribution in [1.82, 2.24) is 0 Å². The topological polar surface area (TPSA) is 210 Å². The molecule has 6 N–H and O–H groups in total. The van der Waals surface area contributed by atoms with Gasteiger partial charge in [0.1, 0.15) is 43.2 Å². The molecule has 8 atom stereocenters. The Balaban J connectivity index is 2.53. The molecule has 0 bridgehead atoms. The molecule has 0 saturated heterocycles. The normalized spacial score (nSPS) is 23.9. The summed E-state index contributed by atoms with van der Waals surface area (Å²) in [7, 11) is -5.11. The number of ether oxygens (including phenoxy) is 2. The van der Waals surface area contributed by atoms with E-state index in [4.69, 9.17) is 18.5 Å². The number of esters is 2. The Hall–Kier alpha value is -1.67. The second-order valence-electron chi connectivity index (χ2n) is 13.8. The van der Waals surface area contributed by atoms with Crippen LogP contribution < -0.4 is 0 Å². The maximum absolute atomic E-state index is 12.7. The van der Waals surface area contributed by atoms with Crippen LogP contribution in [0.1, 0.15) is 149 Å². The van der Waals surface area contributed by atoms with Gasteiger partial charge in [-0.2, -0.15) is 0 Å². The molecule has 13 nitrogen and oxygen atoms in total. The highest BCUT2D eigenvalue weighted by Gasteiger charge is 2.51. The Morgan fingerprint density at radius 2 is 1.04 bits per heavy atom. The number of hydrogen-bond donors (Lipinski definition) is 6. The van der Waals surface area contributed by atoms with E-state index >= 15 is 0 Å². The fourth-order valence-electron chi connectivity index (χ4n) is 5.79. The summed E-state index contributed by atoms with van der Waals surface area (Å²) in [4.78, 5) is 35.3. The average Bonchev–Trinajstić information content (AvgIpc) is 3.12. The van der Waals surface area contributed by atoms with Crippen LogP contribution in [-0.4, -0.2) is 98.3 Å². The van der Waals surface area contributed by atoms with Crippen LogP contribution in [0.15, 0.2) is 24.3 Å². The summed E-state index contributed by atoms with van der Waals surface area (Å²) in [5.41, 5.74) is 0. The van der Waals surface area contributed by atoms with E-state index < -0.39 is 75.7 Å². The van der Waals surface area contributed by atoms with Crippen molar-refractivity contribution < 1.29 is 63.1 Å². The molecule has 1 saturated carbocycles. The minimum absolute atomic E-state index is 0.0910. The van der Waals surface area contributed by atoms with Crippen LogP contribution in [0, 0.1) is 0 Å². The van der Waals surface area contributed by atoms with Crippen molar-refractivity contribution in [2.75, 3.05) is 13.2 Å². The van der Waals surface area contributed by atoms with Gasteiger partial charge >= 0.3 is 19.8 Å². The largest absolute Gasteiger partial charge is 0.472 e. The molecule has 1 fully saturated rings. The van der Waals surface area contributed by atoms with Crippen molar-refractivity contribution in [1.29, 1.82) is 0 Å². The molecule has 1 aliphatic rings. The van der Waals surface area contributed by atoms with Gasteiger partial charge in [-0.15, -0.1) is 0 Å². The third kappa shape index (κ3) is 22.5. The molecule has 0 spiro atoms. The van der Waals surface area contributed by atoms with Gasteiger partial charge in [-0.05, 0) is 44.9 Å². The first-order valence-electron chi connectivity index (χ1n) is 19.6. The number of aliphatic hydroxyl groups is 5. The van der Waals surface area contributed by atoms with Gasteiger partial charge in [0, 0.05) is 12.8 Å². The number of rotatable bonds is 31. The molecule has 6 unspecified atom stereocenters.